The molecule has 5 aromatic carbocycles. The minimum atomic E-state index is 0.0659. The first-order valence-electron chi connectivity index (χ1n) is 12.2. The van der Waals surface area contributed by atoms with Gasteiger partial charge >= 0.3 is 0 Å². The summed E-state index contributed by atoms with van der Waals surface area (Å²) in [6.07, 6.45) is 0. The van der Waals surface area contributed by atoms with Crippen LogP contribution in [0.25, 0.3) is 55.3 Å². The molecule has 1 aromatic heterocycles. The lowest BCUT2D eigenvalue weighted by molar-refractivity contribution is 0.590. The number of hydrogen-bond donors (Lipinski definition) is 0. The zero-order valence-corrected chi connectivity index (χ0v) is 20.4. The summed E-state index contributed by atoms with van der Waals surface area (Å²) >= 11 is 0. The van der Waals surface area contributed by atoms with E-state index in [1.165, 1.54) is 27.8 Å². The van der Waals surface area contributed by atoms with Gasteiger partial charge in [-0.2, -0.15) is 0 Å². The van der Waals surface area contributed by atoms with Crippen molar-refractivity contribution < 1.29 is 4.42 Å². The quantitative estimate of drug-likeness (QED) is 0.260. The average molecular weight is 453 g/mol. The van der Waals surface area contributed by atoms with Gasteiger partial charge in [0.15, 0.2) is 0 Å². The molecule has 0 bridgehead atoms. The topological polar surface area (TPSA) is 13.1 Å². The van der Waals surface area contributed by atoms with Gasteiger partial charge in [0.05, 0.1) is 0 Å². The molecular formula is C34H28O. The van der Waals surface area contributed by atoms with E-state index in [1.54, 1.807) is 0 Å². The molecule has 0 amide bonds. The lowest BCUT2D eigenvalue weighted by Gasteiger charge is -2.22. The van der Waals surface area contributed by atoms with Crippen LogP contribution in [0, 0.1) is 0 Å². The Labute approximate surface area is 206 Å². The number of furan rings is 1. The van der Waals surface area contributed by atoms with Crippen molar-refractivity contribution in [2.24, 2.45) is 0 Å². The fraction of sp³-hybridized carbons (Fsp3) is 0.118. The van der Waals surface area contributed by atoms with Crippen molar-refractivity contribution in [2.45, 2.75) is 26.2 Å². The van der Waals surface area contributed by atoms with E-state index in [9.17, 15) is 0 Å². The van der Waals surface area contributed by atoms with E-state index in [1.807, 2.05) is 12.1 Å². The molecule has 6 aromatic rings. The Balaban J connectivity index is 1.44. The van der Waals surface area contributed by atoms with E-state index < -0.39 is 0 Å². The fourth-order valence-corrected chi connectivity index (χ4v) is 4.84. The van der Waals surface area contributed by atoms with Gasteiger partial charge < -0.3 is 4.42 Å². The van der Waals surface area contributed by atoms with Gasteiger partial charge in [0.25, 0.3) is 0 Å². The number of hydrogen-bond acceptors (Lipinski definition) is 1. The van der Waals surface area contributed by atoms with Crippen molar-refractivity contribution in [3.63, 3.8) is 0 Å². The average Bonchev–Trinajstić information content (AvgIpc) is 3.27. The molecule has 170 valence electrons. The van der Waals surface area contributed by atoms with E-state index in [2.05, 4.69) is 124 Å². The molecule has 0 atom stereocenters. The maximum absolute atomic E-state index is 6.27. The van der Waals surface area contributed by atoms with E-state index in [0.717, 1.165) is 33.1 Å². The maximum atomic E-state index is 6.27. The van der Waals surface area contributed by atoms with Crippen LogP contribution in [0.2, 0.25) is 0 Å². The molecule has 0 saturated heterocycles. The lowest BCUT2D eigenvalue weighted by atomic mass is 9.83. The molecule has 1 heteroatoms. The smallest absolute Gasteiger partial charge is 0.143 e. The Bertz CT molecular complexity index is 1650. The summed E-state index contributed by atoms with van der Waals surface area (Å²) in [6, 6.07) is 41.1. The van der Waals surface area contributed by atoms with Crippen LogP contribution in [0.5, 0.6) is 0 Å². The summed E-state index contributed by atoms with van der Waals surface area (Å²) in [7, 11) is 0. The largest absolute Gasteiger partial charge is 0.455 e. The first-order chi connectivity index (χ1) is 17.0. The molecule has 0 saturated carbocycles. The molecule has 0 spiro atoms. The third kappa shape index (κ3) is 3.94. The van der Waals surface area contributed by atoms with Crippen LogP contribution in [0.1, 0.15) is 26.3 Å². The van der Waals surface area contributed by atoms with Crippen molar-refractivity contribution in [2.75, 3.05) is 0 Å². The standard InChI is InChI=1S/C34H28O/c1-34(2,3)28-21-26(23-10-5-4-6-11-23)20-27(22-28)24-16-18-25(19-17-24)29-13-9-14-31-30-12-7-8-15-32(30)35-33(29)31/h4-22H,1-3H3. The second-order valence-corrected chi connectivity index (χ2v) is 10.3. The van der Waals surface area contributed by atoms with Crippen LogP contribution in [-0.2, 0) is 5.41 Å². The summed E-state index contributed by atoms with van der Waals surface area (Å²) in [4.78, 5) is 0. The van der Waals surface area contributed by atoms with Crippen molar-refractivity contribution >= 4 is 21.9 Å². The monoisotopic (exact) mass is 452 g/mol. The number of benzene rings is 5. The van der Waals surface area contributed by atoms with Crippen LogP contribution in [0.15, 0.2) is 120 Å². The molecule has 6 rings (SSSR count). The molecule has 35 heavy (non-hydrogen) atoms. The van der Waals surface area contributed by atoms with Gasteiger partial charge in [-0.05, 0) is 50.9 Å². The highest BCUT2D eigenvalue weighted by molar-refractivity contribution is 6.09. The molecular weight excluding hydrogens is 424 g/mol. The minimum absolute atomic E-state index is 0.0659. The Morgan fingerprint density at radius 1 is 0.486 bits per heavy atom. The normalized spacial score (nSPS) is 11.9. The predicted octanol–water partition coefficient (Wildman–Crippen LogP) is 9.88. The van der Waals surface area contributed by atoms with Crippen molar-refractivity contribution in [3.8, 4) is 33.4 Å². The van der Waals surface area contributed by atoms with Crippen LogP contribution in [0.3, 0.4) is 0 Å². The third-order valence-electron chi connectivity index (χ3n) is 6.84. The Kier molecular flexibility index (Phi) is 5.07. The number of fused-ring (bicyclic) bond motifs is 3. The van der Waals surface area contributed by atoms with E-state index in [-0.39, 0.29) is 5.41 Å². The number of rotatable bonds is 3. The van der Waals surface area contributed by atoms with Crippen LogP contribution in [0.4, 0.5) is 0 Å². The second kappa shape index (κ2) is 8.29. The lowest BCUT2D eigenvalue weighted by Crippen LogP contribution is -2.11. The molecule has 0 fully saturated rings. The van der Waals surface area contributed by atoms with Gasteiger partial charge in [-0.25, -0.2) is 0 Å². The van der Waals surface area contributed by atoms with E-state index in [4.69, 9.17) is 4.42 Å². The fourth-order valence-electron chi connectivity index (χ4n) is 4.84. The van der Waals surface area contributed by atoms with Gasteiger partial charge in [0.2, 0.25) is 0 Å². The summed E-state index contributed by atoms with van der Waals surface area (Å²) < 4.78 is 6.27. The van der Waals surface area contributed by atoms with Gasteiger partial charge in [-0.3, -0.25) is 0 Å². The van der Waals surface area contributed by atoms with Crippen molar-refractivity contribution in [3.05, 3.63) is 121 Å². The predicted molar refractivity (Wildman–Crippen MR) is 149 cm³/mol. The molecule has 0 aliphatic heterocycles. The molecule has 1 nitrogen and oxygen atoms in total. The zero-order chi connectivity index (χ0) is 24.0. The summed E-state index contributed by atoms with van der Waals surface area (Å²) in [6.45, 7) is 6.83. The first-order valence-corrected chi connectivity index (χ1v) is 12.2. The molecule has 0 unspecified atom stereocenters. The molecule has 0 N–H and O–H groups in total. The molecule has 0 aliphatic carbocycles. The summed E-state index contributed by atoms with van der Waals surface area (Å²) in [5, 5.41) is 2.32. The van der Waals surface area contributed by atoms with Crippen LogP contribution >= 0.6 is 0 Å². The van der Waals surface area contributed by atoms with Crippen molar-refractivity contribution in [1.82, 2.24) is 0 Å². The van der Waals surface area contributed by atoms with Gasteiger partial charge in [0.1, 0.15) is 11.2 Å². The SMILES string of the molecule is CC(C)(C)c1cc(-c2ccccc2)cc(-c2ccc(-c3cccc4c3oc3ccccc34)cc2)c1. The summed E-state index contributed by atoms with van der Waals surface area (Å²) in [5.41, 5.74) is 10.5. The van der Waals surface area contributed by atoms with Crippen molar-refractivity contribution in [1.29, 1.82) is 0 Å². The van der Waals surface area contributed by atoms with E-state index in [0.29, 0.717) is 0 Å². The van der Waals surface area contributed by atoms with Gasteiger partial charge in [-0.1, -0.05) is 124 Å². The first kappa shape index (κ1) is 21.4. The Morgan fingerprint density at radius 2 is 1.09 bits per heavy atom. The zero-order valence-electron chi connectivity index (χ0n) is 20.4. The maximum Gasteiger partial charge on any atom is 0.143 e. The molecule has 1 heterocycles. The number of para-hydroxylation sites is 2. The van der Waals surface area contributed by atoms with E-state index >= 15 is 0 Å². The minimum Gasteiger partial charge on any atom is -0.455 e. The highest BCUT2D eigenvalue weighted by Gasteiger charge is 2.17. The summed E-state index contributed by atoms with van der Waals surface area (Å²) in [5.74, 6) is 0. The van der Waals surface area contributed by atoms with Gasteiger partial charge in [-0.15, -0.1) is 0 Å². The molecule has 0 radical (unpaired) electrons. The van der Waals surface area contributed by atoms with Gasteiger partial charge in [0, 0.05) is 16.3 Å². The third-order valence-corrected chi connectivity index (χ3v) is 6.84. The Morgan fingerprint density at radius 3 is 1.80 bits per heavy atom. The van der Waals surface area contributed by atoms with Crippen LogP contribution in [-0.4, -0.2) is 0 Å². The highest BCUT2D eigenvalue weighted by Crippen LogP contribution is 2.37. The highest BCUT2D eigenvalue weighted by atomic mass is 16.3. The van der Waals surface area contributed by atoms with Crippen LogP contribution < -0.4 is 0 Å². The Hall–Kier alpha value is -4.10. The second-order valence-electron chi connectivity index (χ2n) is 10.3. The molecule has 0 aliphatic rings.